The Balaban J connectivity index is 1.97. The molecule has 0 saturated carbocycles. The van der Waals surface area contributed by atoms with Crippen molar-refractivity contribution in [2.45, 2.75) is 37.3 Å². The van der Waals surface area contributed by atoms with Gasteiger partial charge in [0.1, 0.15) is 11.6 Å². The largest absolute Gasteiger partial charge is 0.496 e. The minimum atomic E-state index is -4.68. The summed E-state index contributed by atoms with van der Waals surface area (Å²) in [5.41, 5.74) is 0.739. The summed E-state index contributed by atoms with van der Waals surface area (Å²) in [5.74, 6) is -1.53. The van der Waals surface area contributed by atoms with Gasteiger partial charge in [-0.3, -0.25) is 14.6 Å². The molecule has 0 saturated heterocycles. The van der Waals surface area contributed by atoms with E-state index >= 15 is 0 Å². The summed E-state index contributed by atoms with van der Waals surface area (Å²) in [6, 6.07) is 8.77. The fourth-order valence-electron chi connectivity index (χ4n) is 3.76. The van der Waals surface area contributed by atoms with Gasteiger partial charge in [0.15, 0.2) is 0 Å². The average Bonchev–Trinajstić information content (AvgIpc) is 2.86. The van der Waals surface area contributed by atoms with E-state index in [1.165, 1.54) is 49.5 Å². The first-order valence-electron chi connectivity index (χ1n) is 11.6. The summed E-state index contributed by atoms with van der Waals surface area (Å²) in [4.78, 5) is 29.8. The third kappa shape index (κ3) is 7.25. The summed E-state index contributed by atoms with van der Waals surface area (Å²) in [6.07, 6.45) is -2.38. The number of hydrogen-bond acceptors (Lipinski definition) is 5. The van der Waals surface area contributed by atoms with E-state index in [4.69, 9.17) is 9.84 Å². The number of amides is 1. The van der Waals surface area contributed by atoms with Crippen molar-refractivity contribution in [3.05, 3.63) is 71.3 Å². The molecule has 3 aromatic rings. The number of halogens is 4. The minimum Gasteiger partial charge on any atom is -0.496 e. The molecule has 0 spiro atoms. The summed E-state index contributed by atoms with van der Waals surface area (Å²) < 4.78 is 60.1. The third-order valence-corrected chi connectivity index (χ3v) is 6.74. The lowest BCUT2D eigenvalue weighted by molar-refractivity contribution is -0.138. The molecule has 0 aliphatic carbocycles. The maximum atomic E-state index is 13.8. The molecule has 1 aromatic heterocycles. The van der Waals surface area contributed by atoms with E-state index in [2.05, 4.69) is 4.98 Å². The zero-order valence-electron chi connectivity index (χ0n) is 20.9. The summed E-state index contributed by atoms with van der Waals surface area (Å²) >= 11 is 1.12. The van der Waals surface area contributed by atoms with Crippen molar-refractivity contribution in [2.75, 3.05) is 24.8 Å². The van der Waals surface area contributed by atoms with Crippen molar-refractivity contribution >= 4 is 29.3 Å². The molecular weight excluding hydrogens is 524 g/mol. The predicted octanol–water partition coefficient (Wildman–Crippen LogP) is 6.85. The summed E-state index contributed by atoms with van der Waals surface area (Å²) in [7, 11) is 2.80. The number of aryl methyl sites for hydroxylation is 1. The predicted molar refractivity (Wildman–Crippen MR) is 137 cm³/mol. The molecule has 11 heteroatoms. The highest BCUT2D eigenvalue weighted by molar-refractivity contribution is 7.99. The Labute approximate surface area is 221 Å². The summed E-state index contributed by atoms with van der Waals surface area (Å²) in [6.45, 7) is 1.73. The van der Waals surface area contributed by atoms with Crippen molar-refractivity contribution in [3.63, 3.8) is 0 Å². The van der Waals surface area contributed by atoms with Gasteiger partial charge in [0, 0.05) is 46.8 Å². The lowest BCUT2D eigenvalue weighted by Gasteiger charge is -2.23. The second-order valence-electron chi connectivity index (χ2n) is 8.49. The normalized spacial score (nSPS) is 11.3. The molecule has 0 unspecified atom stereocenters. The number of methoxy groups -OCH3 is 1. The smallest absolute Gasteiger partial charge is 0.416 e. The van der Waals surface area contributed by atoms with Crippen molar-refractivity contribution in [1.82, 2.24) is 4.98 Å². The van der Waals surface area contributed by atoms with Crippen LogP contribution in [-0.2, 0) is 11.0 Å². The molecule has 1 heterocycles. The van der Waals surface area contributed by atoms with Crippen LogP contribution in [-0.4, -0.2) is 41.9 Å². The number of carboxylic acids is 1. The van der Waals surface area contributed by atoms with Crippen molar-refractivity contribution in [2.24, 2.45) is 0 Å². The van der Waals surface area contributed by atoms with Gasteiger partial charge in [-0.25, -0.2) is 4.39 Å². The molecule has 202 valence electrons. The standard InChI is InChI=1S/C27H26F4N2O4S/c1-16-10-22(21-8-7-19(28)14-24(21)37-3)23(15-32-16)33(2)26(36)17-11-18(27(29,30)31)13-20(12-17)38-9-5-4-6-25(34)35/h7-8,10-15H,4-6,9H2,1-3H3,(H,34,35). The van der Waals surface area contributed by atoms with Gasteiger partial charge in [0.05, 0.1) is 24.6 Å². The second kappa shape index (κ2) is 12.3. The Morgan fingerprint density at radius 1 is 1.08 bits per heavy atom. The van der Waals surface area contributed by atoms with Crippen LogP contribution in [0.5, 0.6) is 5.75 Å². The van der Waals surface area contributed by atoms with E-state index in [-0.39, 0.29) is 22.6 Å². The maximum absolute atomic E-state index is 13.8. The number of thioether (sulfide) groups is 1. The molecule has 0 fully saturated rings. The highest BCUT2D eigenvalue weighted by atomic mass is 32.2. The van der Waals surface area contributed by atoms with Crippen LogP contribution in [0.2, 0.25) is 0 Å². The Morgan fingerprint density at radius 3 is 2.47 bits per heavy atom. The molecular formula is C27H26F4N2O4S. The number of aliphatic carboxylic acids is 1. The number of carboxylic acid groups (broad SMARTS) is 1. The zero-order valence-corrected chi connectivity index (χ0v) is 21.8. The number of unbranched alkanes of at least 4 members (excludes halogenated alkanes) is 1. The average molecular weight is 551 g/mol. The van der Waals surface area contributed by atoms with Crippen LogP contribution in [0, 0.1) is 12.7 Å². The molecule has 3 rings (SSSR count). The fraction of sp³-hybridized carbons (Fsp3) is 0.296. The lowest BCUT2D eigenvalue weighted by Crippen LogP contribution is -2.27. The van der Waals surface area contributed by atoms with Crippen molar-refractivity contribution in [3.8, 4) is 16.9 Å². The van der Waals surface area contributed by atoms with Gasteiger partial charge >= 0.3 is 12.1 Å². The van der Waals surface area contributed by atoms with Crippen LogP contribution in [0.4, 0.5) is 23.2 Å². The first kappa shape index (κ1) is 29.0. The number of carbonyl (C=O) groups is 2. The van der Waals surface area contributed by atoms with Gasteiger partial charge in [-0.05, 0) is 61.9 Å². The van der Waals surface area contributed by atoms with Crippen LogP contribution >= 0.6 is 11.8 Å². The zero-order chi connectivity index (χ0) is 28.0. The highest BCUT2D eigenvalue weighted by Gasteiger charge is 2.32. The van der Waals surface area contributed by atoms with E-state index < -0.39 is 29.4 Å². The Kier molecular flexibility index (Phi) is 9.37. The number of aromatic nitrogens is 1. The fourth-order valence-corrected chi connectivity index (χ4v) is 4.77. The Morgan fingerprint density at radius 2 is 1.82 bits per heavy atom. The van der Waals surface area contributed by atoms with Gasteiger partial charge in [0.2, 0.25) is 0 Å². The Bertz CT molecular complexity index is 1330. The topological polar surface area (TPSA) is 79.7 Å². The third-order valence-electron chi connectivity index (χ3n) is 5.67. The molecule has 0 radical (unpaired) electrons. The first-order chi connectivity index (χ1) is 17.9. The minimum absolute atomic E-state index is 0.0244. The van der Waals surface area contributed by atoms with E-state index in [0.717, 1.165) is 23.9 Å². The van der Waals surface area contributed by atoms with E-state index in [1.807, 2.05) is 0 Å². The van der Waals surface area contributed by atoms with Gasteiger partial charge in [-0.15, -0.1) is 11.8 Å². The number of alkyl halides is 3. The second-order valence-corrected chi connectivity index (χ2v) is 9.66. The number of hydrogen-bond donors (Lipinski definition) is 1. The molecule has 2 aromatic carbocycles. The van der Waals surface area contributed by atoms with Gasteiger partial charge < -0.3 is 14.7 Å². The quantitative estimate of drug-likeness (QED) is 0.169. The molecule has 0 bridgehead atoms. The number of rotatable bonds is 10. The first-order valence-corrected chi connectivity index (χ1v) is 12.5. The van der Waals surface area contributed by atoms with Gasteiger partial charge in [-0.1, -0.05) is 0 Å². The SMILES string of the molecule is COc1cc(F)ccc1-c1cc(C)ncc1N(C)C(=O)c1cc(SCCCCC(=O)O)cc(C(F)(F)F)c1. The van der Waals surface area contributed by atoms with Crippen molar-refractivity contribution < 1.29 is 37.0 Å². The van der Waals surface area contributed by atoms with Gasteiger partial charge in [-0.2, -0.15) is 13.2 Å². The van der Waals surface area contributed by atoms with Crippen LogP contribution in [0.1, 0.15) is 40.9 Å². The van der Waals surface area contributed by atoms with Crippen LogP contribution in [0.25, 0.3) is 11.1 Å². The highest BCUT2D eigenvalue weighted by Crippen LogP contribution is 2.38. The molecule has 1 N–H and O–H groups in total. The molecule has 0 aliphatic heterocycles. The number of benzene rings is 2. The van der Waals surface area contributed by atoms with E-state index in [1.54, 1.807) is 13.0 Å². The molecule has 38 heavy (non-hydrogen) atoms. The van der Waals surface area contributed by atoms with E-state index in [0.29, 0.717) is 41.1 Å². The number of carbonyl (C=O) groups excluding carboxylic acids is 1. The lowest BCUT2D eigenvalue weighted by atomic mass is 10.0. The van der Waals surface area contributed by atoms with Crippen LogP contribution < -0.4 is 9.64 Å². The molecule has 6 nitrogen and oxygen atoms in total. The molecule has 1 amide bonds. The number of nitrogens with zero attached hydrogens (tertiary/aromatic N) is 2. The molecule has 0 aliphatic rings. The monoisotopic (exact) mass is 550 g/mol. The number of anilines is 1. The number of ether oxygens (including phenoxy) is 1. The van der Waals surface area contributed by atoms with Crippen LogP contribution in [0.3, 0.4) is 0 Å². The van der Waals surface area contributed by atoms with E-state index in [9.17, 15) is 27.2 Å². The van der Waals surface area contributed by atoms with Crippen LogP contribution in [0.15, 0.2) is 53.6 Å². The maximum Gasteiger partial charge on any atom is 0.416 e. The number of pyridine rings is 1. The van der Waals surface area contributed by atoms with Gasteiger partial charge in [0.25, 0.3) is 5.91 Å². The Hall–Kier alpha value is -3.60. The molecule has 0 atom stereocenters. The van der Waals surface area contributed by atoms with Crippen molar-refractivity contribution in [1.29, 1.82) is 0 Å². The summed E-state index contributed by atoms with van der Waals surface area (Å²) in [5, 5.41) is 8.75.